The molecule has 0 radical (unpaired) electrons. The van der Waals surface area contributed by atoms with Crippen LogP contribution in [0.3, 0.4) is 0 Å². The van der Waals surface area contributed by atoms with E-state index in [4.69, 9.17) is 4.74 Å². The molecule has 0 aromatic rings. The maximum atomic E-state index is 12.3. The minimum Gasteiger partial charge on any atom is -0.381 e. The molecule has 0 bridgehead atoms. The lowest BCUT2D eigenvalue weighted by Gasteiger charge is -2.35. The summed E-state index contributed by atoms with van der Waals surface area (Å²) in [5.41, 5.74) is 0. The molecule has 2 heterocycles. The Morgan fingerprint density at radius 2 is 2.12 bits per heavy atom. The number of hydrogen-bond acceptors (Lipinski definition) is 3. The summed E-state index contributed by atoms with van der Waals surface area (Å²) in [5, 5.41) is 3.29. The second-order valence-corrected chi connectivity index (χ2v) is 4.62. The molecule has 0 aromatic carbocycles. The number of nitrogens with one attached hydrogen (secondary N) is 1. The van der Waals surface area contributed by atoms with Crippen LogP contribution in [0.15, 0.2) is 0 Å². The van der Waals surface area contributed by atoms with E-state index < -0.39 is 0 Å². The summed E-state index contributed by atoms with van der Waals surface area (Å²) in [6.45, 7) is 5.48. The van der Waals surface area contributed by atoms with E-state index in [1.807, 2.05) is 4.90 Å². The first kappa shape index (κ1) is 11.9. The van der Waals surface area contributed by atoms with Crippen LogP contribution in [0, 0.1) is 0 Å². The Morgan fingerprint density at radius 1 is 1.38 bits per heavy atom. The van der Waals surface area contributed by atoms with Gasteiger partial charge in [0.05, 0.1) is 6.04 Å². The predicted octanol–water partition coefficient (Wildman–Crippen LogP) is 0.766. The highest BCUT2D eigenvalue weighted by atomic mass is 16.5. The molecule has 2 fully saturated rings. The molecule has 0 aliphatic carbocycles. The largest absolute Gasteiger partial charge is 0.381 e. The highest BCUT2D eigenvalue weighted by Gasteiger charge is 2.30. The minimum atomic E-state index is 0.0720. The third-order valence-electron chi connectivity index (χ3n) is 3.61. The number of hydrogen-bond donors (Lipinski definition) is 1. The van der Waals surface area contributed by atoms with Gasteiger partial charge in [0.15, 0.2) is 0 Å². The van der Waals surface area contributed by atoms with Gasteiger partial charge in [-0.1, -0.05) is 0 Å². The average Bonchev–Trinajstić information content (AvgIpc) is 2.85. The van der Waals surface area contributed by atoms with Crippen molar-refractivity contribution in [2.45, 2.75) is 44.7 Å². The van der Waals surface area contributed by atoms with Crippen LogP contribution in [0.5, 0.6) is 0 Å². The van der Waals surface area contributed by atoms with E-state index in [9.17, 15) is 4.79 Å². The van der Waals surface area contributed by atoms with Crippen LogP contribution < -0.4 is 5.32 Å². The number of carbonyl (C=O) groups excluding carboxylic acids is 1. The molecular formula is C12H22N2O2. The van der Waals surface area contributed by atoms with Gasteiger partial charge in [-0.25, -0.2) is 0 Å². The fourth-order valence-electron chi connectivity index (χ4n) is 2.69. The summed E-state index contributed by atoms with van der Waals surface area (Å²) < 4.78 is 5.35. The monoisotopic (exact) mass is 226 g/mol. The fraction of sp³-hybridized carbons (Fsp3) is 0.917. The van der Waals surface area contributed by atoms with E-state index in [1.165, 1.54) is 0 Å². The van der Waals surface area contributed by atoms with Gasteiger partial charge in [0.1, 0.15) is 0 Å². The Balaban J connectivity index is 1.94. The normalized spacial score (nSPS) is 26.9. The molecule has 1 amide bonds. The quantitative estimate of drug-likeness (QED) is 0.772. The van der Waals surface area contributed by atoms with Crippen LogP contribution in [0.25, 0.3) is 0 Å². The molecule has 1 N–H and O–H groups in total. The van der Waals surface area contributed by atoms with Gasteiger partial charge in [-0.2, -0.15) is 0 Å². The summed E-state index contributed by atoms with van der Waals surface area (Å²) in [6, 6.07) is 0.469. The number of carbonyl (C=O) groups is 1. The maximum absolute atomic E-state index is 12.3. The summed E-state index contributed by atoms with van der Waals surface area (Å²) in [4.78, 5) is 14.3. The van der Waals surface area contributed by atoms with Gasteiger partial charge in [0.2, 0.25) is 5.91 Å². The molecule has 2 saturated heterocycles. The van der Waals surface area contributed by atoms with Crippen LogP contribution in [-0.4, -0.2) is 49.2 Å². The number of nitrogens with zero attached hydrogens (tertiary/aromatic N) is 1. The Kier molecular flexibility index (Phi) is 4.18. The first-order chi connectivity index (χ1) is 7.83. The average molecular weight is 226 g/mol. The zero-order valence-electron chi connectivity index (χ0n) is 10.1. The molecule has 0 aromatic heterocycles. The van der Waals surface area contributed by atoms with Gasteiger partial charge >= 0.3 is 0 Å². The Labute approximate surface area is 97.3 Å². The molecule has 4 nitrogen and oxygen atoms in total. The van der Waals surface area contributed by atoms with E-state index in [0.29, 0.717) is 11.9 Å². The molecule has 0 spiro atoms. The SMILES string of the molecule is CCN(C(=O)[C@@H]1CCCN1)C1CCOCC1. The fourth-order valence-corrected chi connectivity index (χ4v) is 2.69. The molecule has 16 heavy (non-hydrogen) atoms. The van der Waals surface area contributed by atoms with Crippen molar-refractivity contribution >= 4 is 5.91 Å². The molecule has 4 heteroatoms. The smallest absolute Gasteiger partial charge is 0.239 e. The van der Waals surface area contributed by atoms with Gasteiger partial charge in [-0.15, -0.1) is 0 Å². The van der Waals surface area contributed by atoms with Gasteiger partial charge < -0.3 is 15.0 Å². The van der Waals surface area contributed by atoms with Crippen molar-refractivity contribution in [3.8, 4) is 0 Å². The molecular weight excluding hydrogens is 204 g/mol. The van der Waals surface area contributed by atoms with Crippen LogP contribution in [0.1, 0.15) is 32.6 Å². The third kappa shape index (κ3) is 2.55. The van der Waals surface area contributed by atoms with Crippen molar-refractivity contribution < 1.29 is 9.53 Å². The van der Waals surface area contributed by atoms with Crippen LogP contribution in [0.4, 0.5) is 0 Å². The molecule has 2 aliphatic heterocycles. The van der Waals surface area contributed by atoms with E-state index in [0.717, 1.165) is 52.0 Å². The molecule has 2 rings (SSSR count). The van der Waals surface area contributed by atoms with E-state index in [2.05, 4.69) is 12.2 Å². The van der Waals surface area contributed by atoms with Gasteiger partial charge in [0.25, 0.3) is 0 Å². The minimum absolute atomic E-state index is 0.0720. The molecule has 0 unspecified atom stereocenters. The lowest BCUT2D eigenvalue weighted by molar-refractivity contribution is -0.137. The Morgan fingerprint density at radius 3 is 2.69 bits per heavy atom. The Hall–Kier alpha value is -0.610. The molecule has 2 aliphatic rings. The zero-order valence-corrected chi connectivity index (χ0v) is 10.1. The summed E-state index contributed by atoms with van der Waals surface area (Å²) in [7, 11) is 0. The summed E-state index contributed by atoms with van der Waals surface area (Å²) >= 11 is 0. The van der Waals surface area contributed by atoms with Crippen molar-refractivity contribution in [2.24, 2.45) is 0 Å². The topological polar surface area (TPSA) is 41.6 Å². The molecule has 0 saturated carbocycles. The first-order valence-electron chi connectivity index (χ1n) is 6.44. The lowest BCUT2D eigenvalue weighted by Crippen LogP contribution is -2.50. The van der Waals surface area contributed by atoms with Crippen molar-refractivity contribution in [3.63, 3.8) is 0 Å². The highest BCUT2D eigenvalue weighted by Crippen LogP contribution is 2.17. The van der Waals surface area contributed by atoms with Crippen molar-refractivity contribution in [3.05, 3.63) is 0 Å². The first-order valence-corrected chi connectivity index (χ1v) is 6.44. The van der Waals surface area contributed by atoms with E-state index in [-0.39, 0.29) is 6.04 Å². The summed E-state index contributed by atoms with van der Waals surface area (Å²) in [6.07, 6.45) is 4.11. The second kappa shape index (κ2) is 5.64. The van der Waals surface area contributed by atoms with Crippen molar-refractivity contribution in [1.82, 2.24) is 10.2 Å². The molecule has 92 valence electrons. The standard InChI is InChI=1S/C12H22N2O2/c1-2-14(10-5-8-16-9-6-10)12(15)11-4-3-7-13-11/h10-11,13H,2-9H2,1H3/t11-/m0/s1. The number of likely N-dealkylation sites (N-methyl/N-ethyl adjacent to an activating group) is 1. The lowest BCUT2D eigenvalue weighted by atomic mass is 10.1. The highest BCUT2D eigenvalue weighted by molar-refractivity contribution is 5.82. The zero-order chi connectivity index (χ0) is 11.4. The van der Waals surface area contributed by atoms with Crippen LogP contribution >= 0.6 is 0 Å². The van der Waals surface area contributed by atoms with Crippen molar-refractivity contribution in [1.29, 1.82) is 0 Å². The Bertz CT molecular complexity index is 233. The van der Waals surface area contributed by atoms with E-state index in [1.54, 1.807) is 0 Å². The third-order valence-corrected chi connectivity index (χ3v) is 3.61. The van der Waals surface area contributed by atoms with E-state index >= 15 is 0 Å². The predicted molar refractivity (Wildman–Crippen MR) is 62.3 cm³/mol. The summed E-state index contributed by atoms with van der Waals surface area (Å²) in [5.74, 6) is 0.298. The van der Waals surface area contributed by atoms with Crippen LogP contribution in [0.2, 0.25) is 0 Å². The van der Waals surface area contributed by atoms with Crippen LogP contribution in [-0.2, 0) is 9.53 Å². The maximum Gasteiger partial charge on any atom is 0.239 e. The van der Waals surface area contributed by atoms with Gasteiger partial charge in [0, 0.05) is 25.8 Å². The number of rotatable bonds is 3. The number of amides is 1. The number of ether oxygens (including phenoxy) is 1. The van der Waals surface area contributed by atoms with Gasteiger partial charge in [-0.05, 0) is 39.2 Å². The molecule has 1 atom stereocenters. The van der Waals surface area contributed by atoms with Gasteiger partial charge in [-0.3, -0.25) is 4.79 Å². The van der Waals surface area contributed by atoms with Crippen molar-refractivity contribution in [2.75, 3.05) is 26.3 Å². The second-order valence-electron chi connectivity index (χ2n) is 4.62.